The molecular weight excluding hydrogens is 393 g/mol. The predicted octanol–water partition coefficient (Wildman–Crippen LogP) is 4.61. The molecule has 0 saturated heterocycles. The average molecular weight is 403 g/mol. The second-order valence-corrected chi connectivity index (χ2v) is 5.64. The molecule has 6 heteroatoms. The Labute approximate surface area is 132 Å². The Bertz CT molecular complexity index is 662. The third-order valence-corrected chi connectivity index (χ3v) is 3.85. The van der Waals surface area contributed by atoms with Gasteiger partial charge in [0.05, 0.1) is 16.1 Å². The second kappa shape index (κ2) is 6.37. The lowest BCUT2D eigenvalue weighted by molar-refractivity contribution is 0.102. The van der Waals surface area contributed by atoms with E-state index in [0.717, 1.165) is 0 Å². The maximum atomic E-state index is 13.4. The molecule has 20 heavy (non-hydrogen) atoms. The zero-order valence-electron chi connectivity index (χ0n) is 10.4. The van der Waals surface area contributed by atoms with E-state index in [1.54, 1.807) is 31.4 Å². The van der Waals surface area contributed by atoms with Crippen molar-refractivity contribution in [1.82, 2.24) is 0 Å². The van der Waals surface area contributed by atoms with E-state index in [0.29, 0.717) is 25.9 Å². The number of methoxy groups -OCH3 is 1. The van der Waals surface area contributed by atoms with Gasteiger partial charge in [0.25, 0.3) is 5.91 Å². The van der Waals surface area contributed by atoms with Crippen molar-refractivity contribution in [1.29, 1.82) is 0 Å². The van der Waals surface area contributed by atoms with Crippen LogP contribution in [-0.4, -0.2) is 13.0 Å². The lowest BCUT2D eigenvalue weighted by Crippen LogP contribution is -2.12. The van der Waals surface area contributed by atoms with E-state index in [4.69, 9.17) is 4.74 Å². The van der Waals surface area contributed by atoms with E-state index >= 15 is 0 Å². The van der Waals surface area contributed by atoms with Gasteiger partial charge in [0, 0.05) is 11.3 Å². The zero-order valence-corrected chi connectivity index (χ0v) is 13.6. The number of hydrogen-bond acceptors (Lipinski definition) is 2. The number of benzene rings is 2. The van der Waals surface area contributed by atoms with Gasteiger partial charge in [-0.2, -0.15) is 0 Å². The van der Waals surface area contributed by atoms with E-state index < -0.39 is 5.82 Å². The van der Waals surface area contributed by atoms with Crippen LogP contribution in [0.1, 0.15) is 10.4 Å². The van der Waals surface area contributed by atoms with Crippen LogP contribution in [0.25, 0.3) is 0 Å². The van der Waals surface area contributed by atoms with Crippen LogP contribution in [0.5, 0.6) is 5.75 Å². The van der Waals surface area contributed by atoms with E-state index in [1.807, 2.05) is 0 Å². The van der Waals surface area contributed by atoms with E-state index in [1.165, 1.54) is 12.1 Å². The molecule has 0 aromatic heterocycles. The number of nitrogens with one attached hydrogen (secondary N) is 1. The standard InChI is InChI=1S/C14H10Br2FNO2/c1-20-13-5-2-8(6-11(13)16)14(19)18-9-3-4-10(15)12(17)7-9/h2-7H,1H3,(H,18,19). The number of carbonyl (C=O) groups excluding carboxylic acids is 1. The Morgan fingerprint density at radius 3 is 2.50 bits per heavy atom. The first-order valence-electron chi connectivity index (χ1n) is 5.61. The number of amides is 1. The lowest BCUT2D eigenvalue weighted by atomic mass is 10.2. The number of ether oxygens (including phenoxy) is 1. The van der Waals surface area contributed by atoms with Gasteiger partial charge in [0.2, 0.25) is 0 Å². The van der Waals surface area contributed by atoms with Crippen molar-refractivity contribution in [3.8, 4) is 5.75 Å². The Kier molecular flexibility index (Phi) is 4.77. The van der Waals surface area contributed by atoms with Crippen molar-refractivity contribution in [2.24, 2.45) is 0 Å². The van der Waals surface area contributed by atoms with Crippen LogP contribution in [0.2, 0.25) is 0 Å². The Morgan fingerprint density at radius 2 is 1.90 bits per heavy atom. The van der Waals surface area contributed by atoms with E-state index in [2.05, 4.69) is 37.2 Å². The highest BCUT2D eigenvalue weighted by Gasteiger charge is 2.10. The summed E-state index contributed by atoms with van der Waals surface area (Å²) in [5.41, 5.74) is 0.837. The lowest BCUT2D eigenvalue weighted by Gasteiger charge is -2.08. The molecule has 1 N–H and O–H groups in total. The summed E-state index contributed by atoms with van der Waals surface area (Å²) in [5.74, 6) is -0.120. The van der Waals surface area contributed by atoms with E-state index in [-0.39, 0.29) is 5.91 Å². The normalized spacial score (nSPS) is 10.2. The first-order chi connectivity index (χ1) is 9.51. The fraction of sp³-hybridized carbons (Fsp3) is 0.0714. The van der Waals surface area contributed by atoms with Gasteiger partial charge >= 0.3 is 0 Å². The fourth-order valence-electron chi connectivity index (χ4n) is 1.58. The molecule has 0 aliphatic carbocycles. The molecule has 0 atom stereocenters. The zero-order chi connectivity index (χ0) is 14.7. The predicted molar refractivity (Wildman–Crippen MR) is 82.7 cm³/mol. The van der Waals surface area contributed by atoms with Crippen molar-refractivity contribution in [3.05, 3.63) is 56.7 Å². The molecule has 2 aromatic rings. The molecule has 0 saturated carbocycles. The Balaban J connectivity index is 2.19. The minimum Gasteiger partial charge on any atom is -0.496 e. The highest BCUT2D eigenvalue weighted by atomic mass is 79.9. The highest BCUT2D eigenvalue weighted by Crippen LogP contribution is 2.26. The molecule has 0 unspecified atom stereocenters. The van der Waals surface area contributed by atoms with Gasteiger partial charge in [-0.25, -0.2) is 4.39 Å². The molecule has 0 bridgehead atoms. The van der Waals surface area contributed by atoms with Gasteiger partial charge in [-0.3, -0.25) is 4.79 Å². The maximum absolute atomic E-state index is 13.4. The van der Waals surface area contributed by atoms with Crippen LogP contribution in [0, 0.1) is 5.82 Å². The van der Waals surface area contributed by atoms with Gasteiger partial charge in [0.1, 0.15) is 11.6 Å². The van der Waals surface area contributed by atoms with Crippen LogP contribution in [-0.2, 0) is 0 Å². The Hall–Kier alpha value is -1.40. The highest BCUT2D eigenvalue weighted by molar-refractivity contribution is 9.10. The van der Waals surface area contributed by atoms with Crippen LogP contribution >= 0.6 is 31.9 Å². The van der Waals surface area contributed by atoms with Crippen LogP contribution in [0.3, 0.4) is 0 Å². The first kappa shape index (κ1) is 15.0. The third-order valence-electron chi connectivity index (χ3n) is 2.59. The molecule has 2 aromatic carbocycles. The average Bonchev–Trinajstić information content (AvgIpc) is 2.42. The summed E-state index contributed by atoms with van der Waals surface area (Å²) < 4.78 is 19.5. The maximum Gasteiger partial charge on any atom is 0.255 e. The number of hydrogen-bond donors (Lipinski definition) is 1. The van der Waals surface area contributed by atoms with Crippen LogP contribution in [0.4, 0.5) is 10.1 Å². The van der Waals surface area contributed by atoms with Crippen molar-refractivity contribution in [3.63, 3.8) is 0 Å². The number of anilines is 1. The largest absolute Gasteiger partial charge is 0.496 e. The minimum absolute atomic E-state index is 0.324. The molecule has 104 valence electrons. The molecule has 0 aliphatic rings. The monoisotopic (exact) mass is 401 g/mol. The second-order valence-electron chi connectivity index (χ2n) is 3.93. The molecule has 2 rings (SSSR count). The van der Waals surface area contributed by atoms with Crippen molar-refractivity contribution < 1.29 is 13.9 Å². The molecule has 0 spiro atoms. The quantitative estimate of drug-likeness (QED) is 0.813. The summed E-state index contributed by atoms with van der Waals surface area (Å²) in [5, 5.41) is 2.63. The number of halogens is 3. The number of rotatable bonds is 3. The summed E-state index contributed by atoms with van der Waals surface area (Å²) in [4.78, 5) is 12.1. The molecular formula is C14H10Br2FNO2. The van der Waals surface area contributed by atoms with Crippen molar-refractivity contribution in [2.75, 3.05) is 12.4 Å². The molecule has 1 amide bonds. The van der Waals surface area contributed by atoms with Crippen LogP contribution in [0.15, 0.2) is 45.3 Å². The van der Waals surface area contributed by atoms with Crippen molar-refractivity contribution >= 4 is 43.5 Å². The summed E-state index contributed by atoms with van der Waals surface area (Å²) >= 11 is 6.37. The molecule has 0 fully saturated rings. The Morgan fingerprint density at radius 1 is 1.15 bits per heavy atom. The minimum atomic E-state index is -0.432. The van der Waals surface area contributed by atoms with Gasteiger partial charge in [-0.1, -0.05) is 0 Å². The summed E-state index contributed by atoms with van der Waals surface area (Å²) in [6.45, 7) is 0. The van der Waals surface area contributed by atoms with Gasteiger partial charge in [0.15, 0.2) is 0 Å². The fourth-order valence-corrected chi connectivity index (χ4v) is 2.37. The first-order valence-corrected chi connectivity index (χ1v) is 7.20. The topological polar surface area (TPSA) is 38.3 Å². The van der Waals surface area contributed by atoms with Gasteiger partial charge in [-0.05, 0) is 68.3 Å². The van der Waals surface area contributed by atoms with Gasteiger partial charge < -0.3 is 10.1 Å². The van der Waals surface area contributed by atoms with Crippen LogP contribution < -0.4 is 10.1 Å². The summed E-state index contributed by atoms with van der Waals surface area (Å²) in [6, 6.07) is 9.36. The molecule has 0 heterocycles. The third kappa shape index (κ3) is 3.37. The van der Waals surface area contributed by atoms with E-state index in [9.17, 15) is 9.18 Å². The molecule has 0 aliphatic heterocycles. The summed E-state index contributed by atoms with van der Waals surface area (Å²) in [7, 11) is 1.55. The smallest absolute Gasteiger partial charge is 0.255 e. The SMILES string of the molecule is COc1ccc(C(=O)Nc2ccc(Br)c(F)c2)cc1Br. The van der Waals surface area contributed by atoms with Crippen molar-refractivity contribution in [2.45, 2.75) is 0 Å². The molecule has 0 radical (unpaired) electrons. The molecule has 3 nitrogen and oxygen atoms in total. The van der Waals surface area contributed by atoms with Gasteiger partial charge in [-0.15, -0.1) is 0 Å². The summed E-state index contributed by atoms with van der Waals surface area (Å²) in [6.07, 6.45) is 0. The number of carbonyl (C=O) groups is 1.